The maximum absolute atomic E-state index is 12.1. The van der Waals surface area contributed by atoms with Gasteiger partial charge in [-0.1, -0.05) is 52.0 Å². The van der Waals surface area contributed by atoms with Gasteiger partial charge in [0.05, 0.1) is 0 Å². The van der Waals surface area contributed by atoms with Crippen LogP contribution >= 0.6 is 0 Å². The van der Waals surface area contributed by atoms with Crippen LogP contribution in [-0.2, 0) is 4.79 Å². The zero-order valence-electron chi connectivity index (χ0n) is 17.1. The molecule has 2 unspecified atom stereocenters. The molecular weight excluding hydrogens is 336 g/mol. The summed E-state index contributed by atoms with van der Waals surface area (Å²) < 4.78 is 6.62. The van der Waals surface area contributed by atoms with E-state index in [1.54, 1.807) is 0 Å². The first-order valence-corrected chi connectivity index (χ1v) is 12.7. The number of hydrogen-bond acceptors (Lipinski definition) is 2. The van der Waals surface area contributed by atoms with E-state index in [0.717, 1.165) is 18.6 Å². The minimum absolute atomic E-state index is 0.160. The highest BCUT2D eigenvalue weighted by atomic mass is 28.4. The number of carbonyl (C=O) groups excluding carboxylic acids is 1. The van der Waals surface area contributed by atoms with Gasteiger partial charge in [0.1, 0.15) is 11.5 Å². The van der Waals surface area contributed by atoms with Crippen LogP contribution in [0.25, 0.3) is 10.8 Å². The molecule has 140 valence electrons. The first-order valence-electron chi connectivity index (χ1n) is 9.82. The molecule has 0 amide bonds. The molecule has 2 aromatic carbocycles. The average molecular weight is 369 g/mol. The Labute approximate surface area is 159 Å². The molecule has 2 nitrogen and oxygen atoms in total. The summed E-state index contributed by atoms with van der Waals surface area (Å²) in [6.45, 7) is 13.7. The molecular formula is C23H32O2Si. The largest absolute Gasteiger partial charge is 0.543 e. The van der Waals surface area contributed by atoms with Gasteiger partial charge in [-0.3, -0.25) is 4.79 Å². The van der Waals surface area contributed by atoms with Gasteiger partial charge in [-0.2, -0.15) is 0 Å². The Morgan fingerprint density at radius 1 is 1.12 bits per heavy atom. The maximum Gasteiger partial charge on any atom is 0.250 e. The number of ketones is 1. The van der Waals surface area contributed by atoms with Crippen LogP contribution in [-0.4, -0.2) is 14.1 Å². The lowest BCUT2D eigenvalue weighted by molar-refractivity contribution is -0.121. The molecule has 0 N–H and O–H groups in total. The third-order valence-corrected chi connectivity index (χ3v) is 10.8. The topological polar surface area (TPSA) is 26.3 Å². The quantitative estimate of drug-likeness (QED) is 0.564. The second-order valence-electron chi connectivity index (χ2n) is 9.46. The van der Waals surface area contributed by atoms with E-state index in [-0.39, 0.29) is 5.04 Å². The van der Waals surface area contributed by atoms with Crippen LogP contribution in [0.5, 0.6) is 5.75 Å². The zero-order chi connectivity index (χ0) is 19.1. The molecule has 0 aliphatic heterocycles. The average Bonchev–Trinajstić information content (AvgIpc) is 2.55. The summed E-state index contributed by atoms with van der Waals surface area (Å²) in [6, 6.07) is 12.9. The summed E-state index contributed by atoms with van der Waals surface area (Å²) in [7, 11) is -1.90. The van der Waals surface area contributed by atoms with Gasteiger partial charge in [0.2, 0.25) is 8.32 Å². The van der Waals surface area contributed by atoms with Crippen LogP contribution in [0, 0.1) is 5.92 Å². The lowest BCUT2D eigenvalue weighted by Gasteiger charge is -2.37. The van der Waals surface area contributed by atoms with Crippen molar-refractivity contribution in [2.45, 2.75) is 71.0 Å². The number of carbonyl (C=O) groups is 1. The van der Waals surface area contributed by atoms with Crippen molar-refractivity contribution in [2.24, 2.45) is 5.92 Å². The number of Topliss-reactive ketones (excluding diaryl/α,β-unsaturated/α-hetero) is 1. The van der Waals surface area contributed by atoms with Gasteiger partial charge >= 0.3 is 0 Å². The smallest absolute Gasteiger partial charge is 0.250 e. The van der Waals surface area contributed by atoms with Crippen LogP contribution in [0.3, 0.4) is 0 Å². The summed E-state index contributed by atoms with van der Waals surface area (Å²) in [5.41, 5.74) is 1.29. The van der Waals surface area contributed by atoms with E-state index < -0.39 is 8.32 Å². The standard InChI is InChI=1S/C23H32O2Si/c1-16-11-12-18(24)14-21(16)22-15-19(25-26(5,6)23(2,3)4)13-17-9-7-8-10-20(17)22/h7-10,13,15-16,21H,11-12,14H2,1-6H3. The highest BCUT2D eigenvalue weighted by Gasteiger charge is 2.39. The number of rotatable bonds is 3. The normalized spacial score (nSPS) is 21.8. The molecule has 0 spiro atoms. The minimum Gasteiger partial charge on any atom is -0.543 e. The molecule has 0 saturated heterocycles. The summed E-state index contributed by atoms with van der Waals surface area (Å²) in [5, 5.41) is 2.64. The predicted molar refractivity (Wildman–Crippen MR) is 113 cm³/mol. The third kappa shape index (κ3) is 3.73. The van der Waals surface area contributed by atoms with Crippen LogP contribution in [0.4, 0.5) is 0 Å². The van der Waals surface area contributed by atoms with Crippen LogP contribution < -0.4 is 4.43 Å². The van der Waals surface area contributed by atoms with E-state index in [1.165, 1.54) is 16.3 Å². The molecule has 2 atom stereocenters. The Kier molecular flexibility index (Phi) is 5.04. The highest BCUT2D eigenvalue weighted by molar-refractivity contribution is 6.74. The van der Waals surface area contributed by atoms with E-state index in [9.17, 15) is 4.79 Å². The third-order valence-electron chi connectivity index (χ3n) is 6.46. The number of hydrogen-bond donors (Lipinski definition) is 0. The molecule has 0 aromatic heterocycles. The molecule has 1 saturated carbocycles. The molecule has 26 heavy (non-hydrogen) atoms. The van der Waals surface area contributed by atoms with Crippen molar-refractivity contribution in [2.75, 3.05) is 0 Å². The van der Waals surface area contributed by atoms with Gasteiger partial charge in [-0.15, -0.1) is 0 Å². The molecule has 0 heterocycles. The fourth-order valence-electron chi connectivity index (χ4n) is 3.68. The van der Waals surface area contributed by atoms with Gasteiger partial charge in [-0.25, -0.2) is 0 Å². The maximum atomic E-state index is 12.1. The Bertz CT molecular complexity index is 817. The van der Waals surface area contributed by atoms with Crippen molar-refractivity contribution in [1.29, 1.82) is 0 Å². The molecule has 3 heteroatoms. The van der Waals surface area contributed by atoms with Crippen molar-refractivity contribution < 1.29 is 9.22 Å². The predicted octanol–water partition coefficient (Wildman–Crippen LogP) is 6.70. The van der Waals surface area contributed by atoms with Crippen molar-refractivity contribution >= 4 is 24.9 Å². The van der Waals surface area contributed by atoms with E-state index in [2.05, 4.69) is 77.2 Å². The monoisotopic (exact) mass is 368 g/mol. The van der Waals surface area contributed by atoms with Gasteiger partial charge in [0, 0.05) is 12.8 Å². The first kappa shape index (κ1) is 19.2. The van der Waals surface area contributed by atoms with Gasteiger partial charge in [0.15, 0.2) is 0 Å². The van der Waals surface area contributed by atoms with E-state index in [0.29, 0.717) is 24.0 Å². The summed E-state index contributed by atoms with van der Waals surface area (Å²) in [5.74, 6) is 2.19. The molecule has 1 aliphatic carbocycles. The molecule has 1 fully saturated rings. The molecule has 1 aliphatic rings. The Morgan fingerprint density at radius 3 is 2.50 bits per heavy atom. The second-order valence-corrected chi connectivity index (χ2v) is 14.2. The zero-order valence-corrected chi connectivity index (χ0v) is 18.1. The number of benzene rings is 2. The summed E-state index contributed by atoms with van der Waals surface area (Å²) in [6.07, 6.45) is 2.38. The highest BCUT2D eigenvalue weighted by Crippen LogP contribution is 2.43. The van der Waals surface area contributed by atoms with Gasteiger partial charge in [-0.05, 0) is 64.9 Å². The SMILES string of the molecule is CC1CCC(=O)CC1c1cc(O[Si](C)(C)C(C)(C)C)cc2ccccc12. The fourth-order valence-corrected chi connectivity index (χ4v) is 4.69. The van der Waals surface area contributed by atoms with Gasteiger partial charge < -0.3 is 4.43 Å². The Balaban J connectivity index is 2.09. The van der Waals surface area contributed by atoms with Crippen LogP contribution in [0.1, 0.15) is 58.4 Å². The van der Waals surface area contributed by atoms with Crippen molar-refractivity contribution in [3.8, 4) is 5.75 Å². The van der Waals surface area contributed by atoms with Crippen LogP contribution in [0.2, 0.25) is 18.1 Å². The first-order chi connectivity index (χ1) is 12.1. The minimum atomic E-state index is -1.90. The lowest BCUT2D eigenvalue weighted by Crippen LogP contribution is -2.43. The van der Waals surface area contributed by atoms with E-state index in [4.69, 9.17) is 4.43 Å². The van der Waals surface area contributed by atoms with Crippen molar-refractivity contribution in [1.82, 2.24) is 0 Å². The van der Waals surface area contributed by atoms with Crippen molar-refractivity contribution in [3.05, 3.63) is 42.0 Å². The van der Waals surface area contributed by atoms with Crippen LogP contribution in [0.15, 0.2) is 36.4 Å². The van der Waals surface area contributed by atoms with Gasteiger partial charge in [0.25, 0.3) is 0 Å². The second kappa shape index (κ2) is 6.84. The lowest BCUT2D eigenvalue weighted by atomic mass is 9.74. The van der Waals surface area contributed by atoms with E-state index >= 15 is 0 Å². The fraction of sp³-hybridized carbons (Fsp3) is 0.522. The molecule has 3 rings (SSSR count). The number of fused-ring (bicyclic) bond motifs is 1. The van der Waals surface area contributed by atoms with E-state index in [1.807, 2.05) is 0 Å². The molecule has 2 aromatic rings. The summed E-state index contributed by atoms with van der Waals surface area (Å²) in [4.78, 5) is 12.1. The summed E-state index contributed by atoms with van der Waals surface area (Å²) >= 11 is 0. The molecule has 0 bridgehead atoms. The molecule has 0 radical (unpaired) electrons. The Morgan fingerprint density at radius 2 is 1.81 bits per heavy atom. The Hall–Kier alpha value is -1.61. The van der Waals surface area contributed by atoms with Crippen molar-refractivity contribution in [3.63, 3.8) is 0 Å².